The summed E-state index contributed by atoms with van der Waals surface area (Å²) in [5.74, 6) is 0.710. The average Bonchev–Trinajstić information content (AvgIpc) is 3.29. The Bertz CT molecular complexity index is 970. The Kier molecular flexibility index (Phi) is 6.36. The second-order valence-corrected chi connectivity index (χ2v) is 7.05. The fraction of sp³-hybridized carbons (Fsp3) is 0.318. The van der Waals surface area contributed by atoms with Crippen LogP contribution in [-0.4, -0.2) is 59.0 Å². The van der Waals surface area contributed by atoms with Crippen LogP contribution in [0.1, 0.15) is 17.2 Å². The molecule has 0 spiro atoms. The second-order valence-electron chi connectivity index (χ2n) is 7.05. The van der Waals surface area contributed by atoms with Gasteiger partial charge >= 0.3 is 0 Å². The summed E-state index contributed by atoms with van der Waals surface area (Å²) in [4.78, 5) is 19.4. The van der Waals surface area contributed by atoms with Gasteiger partial charge in [-0.3, -0.25) is 14.7 Å². The number of carbonyl (C=O) groups is 1. The van der Waals surface area contributed by atoms with Crippen LogP contribution >= 0.6 is 0 Å². The van der Waals surface area contributed by atoms with E-state index in [4.69, 9.17) is 9.47 Å². The van der Waals surface area contributed by atoms with E-state index in [1.807, 2.05) is 42.6 Å². The number of nitrogens with one attached hydrogen (secondary N) is 1. The number of nitrogens with zero attached hydrogens (tertiary/aromatic N) is 4. The van der Waals surface area contributed by atoms with Gasteiger partial charge in [0.2, 0.25) is 5.91 Å². The summed E-state index contributed by atoms with van der Waals surface area (Å²) in [5, 5.41) is 7.46. The highest BCUT2D eigenvalue weighted by Gasteiger charge is 2.29. The van der Waals surface area contributed by atoms with Gasteiger partial charge in [-0.05, 0) is 23.8 Å². The van der Waals surface area contributed by atoms with Crippen LogP contribution in [0.5, 0.6) is 5.75 Å². The molecule has 1 fully saturated rings. The number of methoxy groups -OCH3 is 1. The van der Waals surface area contributed by atoms with Gasteiger partial charge in [0.1, 0.15) is 11.8 Å². The molecule has 1 amide bonds. The maximum atomic E-state index is 13.1. The summed E-state index contributed by atoms with van der Waals surface area (Å²) >= 11 is 0. The molecule has 0 aliphatic carbocycles. The number of benzene rings is 1. The van der Waals surface area contributed by atoms with Crippen molar-refractivity contribution >= 4 is 5.91 Å². The maximum absolute atomic E-state index is 13.1. The van der Waals surface area contributed by atoms with E-state index in [1.165, 1.54) is 0 Å². The van der Waals surface area contributed by atoms with Gasteiger partial charge in [0, 0.05) is 49.9 Å². The Labute approximate surface area is 175 Å². The van der Waals surface area contributed by atoms with Gasteiger partial charge in [-0.2, -0.15) is 5.10 Å². The lowest BCUT2D eigenvalue weighted by Crippen LogP contribution is -2.45. The van der Waals surface area contributed by atoms with Crippen molar-refractivity contribution in [2.75, 3.05) is 33.4 Å². The molecule has 1 saturated heterocycles. The minimum absolute atomic E-state index is 0.0565. The molecule has 30 heavy (non-hydrogen) atoms. The van der Waals surface area contributed by atoms with E-state index in [1.54, 1.807) is 30.4 Å². The van der Waals surface area contributed by atoms with Gasteiger partial charge < -0.3 is 14.8 Å². The molecule has 8 nitrogen and oxygen atoms in total. The van der Waals surface area contributed by atoms with Gasteiger partial charge in [-0.25, -0.2) is 4.68 Å². The van der Waals surface area contributed by atoms with E-state index in [-0.39, 0.29) is 5.91 Å². The van der Waals surface area contributed by atoms with Crippen molar-refractivity contribution in [3.05, 3.63) is 72.3 Å². The zero-order valence-corrected chi connectivity index (χ0v) is 16.9. The highest BCUT2D eigenvalue weighted by atomic mass is 16.5. The van der Waals surface area contributed by atoms with Crippen LogP contribution in [-0.2, 0) is 16.1 Å². The van der Waals surface area contributed by atoms with E-state index in [0.29, 0.717) is 32.8 Å². The standard InChI is InChI=1S/C22H25N5O3/c1-29-20-6-2-5-19(12-20)27-16-17(14-25-27)13-24-22(28)21(18-4-3-7-23-15-18)26-8-10-30-11-9-26/h2-7,12,14-16,21H,8-11,13H2,1H3,(H,24,28)/t21-/m1/s1. The molecule has 1 aliphatic rings. The number of rotatable bonds is 7. The van der Waals surface area contributed by atoms with Crippen LogP contribution in [0.2, 0.25) is 0 Å². The Balaban J connectivity index is 1.45. The lowest BCUT2D eigenvalue weighted by molar-refractivity contribution is -0.128. The van der Waals surface area contributed by atoms with Crippen molar-refractivity contribution in [1.29, 1.82) is 0 Å². The molecule has 1 aliphatic heterocycles. The van der Waals surface area contributed by atoms with Gasteiger partial charge in [-0.15, -0.1) is 0 Å². The Morgan fingerprint density at radius 2 is 2.10 bits per heavy atom. The molecule has 2 aromatic heterocycles. The second kappa shape index (κ2) is 9.51. The van der Waals surface area contributed by atoms with Crippen LogP contribution < -0.4 is 10.1 Å². The minimum Gasteiger partial charge on any atom is -0.497 e. The zero-order chi connectivity index (χ0) is 20.8. The molecule has 0 unspecified atom stereocenters. The van der Waals surface area contributed by atoms with Gasteiger partial charge in [0.05, 0.1) is 32.2 Å². The first-order valence-electron chi connectivity index (χ1n) is 9.92. The van der Waals surface area contributed by atoms with E-state index in [0.717, 1.165) is 22.6 Å². The van der Waals surface area contributed by atoms with Crippen molar-refractivity contribution in [2.45, 2.75) is 12.6 Å². The normalized spacial score (nSPS) is 15.5. The average molecular weight is 407 g/mol. The molecule has 3 aromatic rings. The molecule has 1 aromatic carbocycles. The molecule has 0 bridgehead atoms. The molecule has 156 valence electrons. The molecule has 1 N–H and O–H groups in total. The lowest BCUT2D eigenvalue weighted by Gasteiger charge is -2.33. The minimum atomic E-state index is -0.393. The SMILES string of the molecule is COc1cccc(-n2cc(CNC(=O)[C@@H](c3cccnc3)N3CCOCC3)cn2)c1. The molecule has 0 radical (unpaired) electrons. The van der Waals surface area contributed by atoms with Crippen molar-refractivity contribution in [3.63, 3.8) is 0 Å². The molecule has 4 rings (SSSR count). The third-order valence-corrected chi connectivity index (χ3v) is 5.08. The molecule has 8 heteroatoms. The van der Waals surface area contributed by atoms with Crippen molar-refractivity contribution in [2.24, 2.45) is 0 Å². The summed E-state index contributed by atoms with van der Waals surface area (Å²) in [6, 6.07) is 11.1. The van der Waals surface area contributed by atoms with Crippen molar-refractivity contribution in [1.82, 2.24) is 25.0 Å². The number of carbonyl (C=O) groups excluding carboxylic acids is 1. The molecular formula is C22H25N5O3. The Hall–Kier alpha value is -3.23. The highest BCUT2D eigenvalue weighted by molar-refractivity contribution is 5.83. The lowest BCUT2D eigenvalue weighted by atomic mass is 10.1. The fourth-order valence-electron chi connectivity index (χ4n) is 3.53. The van der Waals surface area contributed by atoms with Crippen LogP contribution in [0.15, 0.2) is 61.2 Å². The number of amides is 1. The first kappa shape index (κ1) is 20.1. The van der Waals surface area contributed by atoms with Gasteiger partial charge in [0.15, 0.2) is 0 Å². The topological polar surface area (TPSA) is 81.5 Å². The van der Waals surface area contributed by atoms with E-state index >= 15 is 0 Å². The number of ether oxygens (including phenoxy) is 2. The molecule has 3 heterocycles. The number of aromatic nitrogens is 3. The maximum Gasteiger partial charge on any atom is 0.242 e. The highest BCUT2D eigenvalue weighted by Crippen LogP contribution is 2.22. The van der Waals surface area contributed by atoms with Crippen molar-refractivity contribution < 1.29 is 14.3 Å². The Morgan fingerprint density at radius 3 is 2.87 bits per heavy atom. The summed E-state index contributed by atoms with van der Waals surface area (Å²) in [5.41, 5.74) is 2.69. The first-order valence-corrected chi connectivity index (χ1v) is 9.92. The summed E-state index contributed by atoms with van der Waals surface area (Å²) in [7, 11) is 1.64. The summed E-state index contributed by atoms with van der Waals surface area (Å²) < 4.78 is 12.5. The predicted octanol–water partition coefficient (Wildman–Crippen LogP) is 1.97. The van der Waals surface area contributed by atoms with Crippen LogP contribution in [0.4, 0.5) is 0 Å². The summed E-state index contributed by atoms with van der Waals surface area (Å²) in [6.45, 7) is 3.06. The Morgan fingerprint density at radius 1 is 1.23 bits per heavy atom. The smallest absolute Gasteiger partial charge is 0.242 e. The van der Waals surface area contributed by atoms with E-state index in [2.05, 4.69) is 20.3 Å². The number of hydrogen-bond donors (Lipinski definition) is 1. The number of hydrogen-bond acceptors (Lipinski definition) is 6. The number of morpholine rings is 1. The number of pyridine rings is 1. The van der Waals surface area contributed by atoms with Crippen LogP contribution in [0.3, 0.4) is 0 Å². The molecule has 1 atom stereocenters. The van der Waals surface area contributed by atoms with Crippen molar-refractivity contribution in [3.8, 4) is 11.4 Å². The third-order valence-electron chi connectivity index (χ3n) is 5.08. The predicted molar refractivity (Wildman–Crippen MR) is 111 cm³/mol. The third kappa shape index (κ3) is 4.67. The quantitative estimate of drug-likeness (QED) is 0.645. The van der Waals surface area contributed by atoms with Crippen LogP contribution in [0, 0.1) is 0 Å². The van der Waals surface area contributed by atoms with Gasteiger partial charge in [0.25, 0.3) is 0 Å². The zero-order valence-electron chi connectivity index (χ0n) is 16.9. The molecular weight excluding hydrogens is 382 g/mol. The monoisotopic (exact) mass is 407 g/mol. The van der Waals surface area contributed by atoms with Gasteiger partial charge in [-0.1, -0.05) is 12.1 Å². The van der Waals surface area contributed by atoms with E-state index in [9.17, 15) is 4.79 Å². The largest absolute Gasteiger partial charge is 0.497 e. The molecule has 0 saturated carbocycles. The fourth-order valence-corrected chi connectivity index (χ4v) is 3.53. The van der Waals surface area contributed by atoms with Crippen LogP contribution in [0.25, 0.3) is 5.69 Å². The first-order chi connectivity index (χ1) is 14.7. The van der Waals surface area contributed by atoms with E-state index < -0.39 is 6.04 Å². The summed E-state index contributed by atoms with van der Waals surface area (Å²) in [6.07, 6.45) is 7.13.